The van der Waals surface area contributed by atoms with Gasteiger partial charge in [-0.15, -0.1) is 10.2 Å². The van der Waals surface area contributed by atoms with Gasteiger partial charge in [0.15, 0.2) is 9.35 Å². The number of halogens is 1. The number of nitrogens with zero attached hydrogens (tertiary/aromatic N) is 14. The first-order valence-electron chi connectivity index (χ1n) is 12.5. The third-order valence-electron chi connectivity index (χ3n) is 5.09. The van der Waals surface area contributed by atoms with Gasteiger partial charge in [0.05, 0.1) is 12.5 Å². The average Bonchev–Trinajstić information content (AvgIpc) is 3.90. The van der Waals surface area contributed by atoms with E-state index >= 15 is 0 Å². The summed E-state index contributed by atoms with van der Waals surface area (Å²) in [4.78, 5) is 21.8. The Morgan fingerprint density at radius 2 is 1.67 bits per heavy atom. The Morgan fingerprint density at radius 1 is 1.02 bits per heavy atom. The molecule has 246 valence electrons. The molecule has 5 heterocycles. The molecule has 0 fully saturated rings. The molecule has 0 saturated heterocycles. The lowest BCUT2D eigenvalue weighted by molar-refractivity contribution is 0.429. The standard InChI is InChI=1S/C13H12N6O3S3.C8H6N6O.C3H2ClN3O/c1-14-12-15-10(18-22-12)11-16-17-13(24-11)23-7-8-4-3-5-9(6-8)19-25(2,20)21;1-10-8-12-7(13-15-8)6-5(3-9)4-11-14(6)2;1-5-3-6-2(4)7-8-3/h3-6,19H,1,7H2,2H3;4H,1H2,2H3;1H2. The number of sulfonamides is 1. The van der Waals surface area contributed by atoms with Crippen molar-refractivity contribution in [1.29, 1.82) is 5.26 Å². The molecule has 0 amide bonds. The SMILES string of the molecule is C=Nc1nc(-c2c(C#N)cnn2C)no1.C=Nc1nc(-c2nnc(SCc3cccc(NS(C)(=O)=O)c3)s2)no1.C=Nc1nc(Cl)no1. The topological polar surface area (TPSA) is 267 Å². The highest BCUT2D eigenvalue weighted by Gasteiger charge is 2.17. The van der Waals surface area contributed by atoms with Crippen molar-refractivity contribution in [2.75, 3.05) is 11.0 Å². The second-order valence-electron chi connectivity index (χ2n) is 8.50. The quantitative estimate of drug-likeness (QED) is 0.152. The third kappa shape index (κ3) is 9.90. The van der Waals surface area contributed by atoms with Gasteiger partial charge in [-0.2, -0.15) is 25.3 Å². The van der Waals surface area contributed by atoms with E-state index in [0.29, 0.717) is 33.5 Å². The summed E-state index contributed by atoms with van der Waals surface area (Å²) >= 11 is 8.03. The van der Waals surface area contributed by atoms with Crippen molar-refractivity contribution in [2.45, 2.75) is 10.1 Å². The molecular formula is C24H20ClN15O5S3. The molecule has 0 unspecified atom stereocenters. The van der Waals surface area contributed by atoms with Gasteiger partial charge in [0.1, 0.15) is 17.3 Å². The number of hydrogen-bond acceptors (Lipinski definition) is 20. The van der Waals surface area contributed by atoms with E-state index in [9.17, 15) is 8.42 Å². The van der Waals surface area contributed by atoms with Crippen molar-refractivity contribution >= 4 is 88.6 Å². The van der Waals surface area contributed by atoms with E-state index in [-0.39, 0.29) is 29.2 Å². The molecule has 5 aromatic heterocycles. The number of nitrogens with one attached hydrogen (secondary N) is 1. The normalized spacial score (nSPS) is 10.5. The zero-order valence-electron chi connectivity index (χ0n) is 24.6. The lowest BCUT2D eigenvalue weighted by Crippen LogP contribution is -2.09. The minimum atomic E-state index is -3.30. The number of rotatable bonds is 10. The van der Waals surface area contributed by atoms with Crippen molar-refractivity contribution in [3.63, 3.8) is 0 Å². The van der Waals surface area contributed by atoms with Crippen molar-refractivity contribution < 1.29 is 22.0 Å². The maximum absolute atomic E-state index is 11.3. The second-order valence-corrected chi connectivity index (χ2v) is 12.8. The number of aryl methyl sites for hydroxylation is 1. The molecule has 0 radical (unpaired) electrons. The molecule has 0 aliphatic heterocycles. The summed E-state index contributed by atoms with van der Waals surface area (Å²) in [5, 5.41) is 32.1. The molecule has 0 aliphatic carbocycles. The highest BCUT2D eigenvalue weighted by atomic mass is 35.5. The molecule has 1 N–H and O–H groups in total. The Bertz CT molecular complexity index is 2180. The van der Waals surface area contributed by atoms with Crippen LogP contribution < -0.4 is 4.72 Å². The summed E-state index contributed by atoms with van der Waals surface area (Å²) in [6.45, 7) is 9.71. The zero-order chi connectivity index (χ0) is 34.7. The van der Waals surface area contributed by atoms with Crippen molar-refractivity contribution in [2.24, 2.45) is 22.0 Å². The van der Waals surface area contributed by atoms with Gasteiger partial charge >= 0.3 is 18.0 Å². The van der Waals surface area contributed by atoms with Crippen molar-refractivity contribution in [3.05, 3.63) is 46.9 Å². The van der Waals surface area contributed by atoms with Crippen LogP contribution in [0.25, 0.3) is 22.4 Å². The Kier molecular flexibility index (Phi) is 11.9. The second kappa shape index (κ2) is 16.2. The van der Waals surface area contributed by atoms with Gasteiger partial charge in [0.2, 0.25) is 21.7 Å². The summed E-state index contributed by atoms with van der Waals surface area (Å²) in [5.41, 5.74) is 2.35. The lowest BCUT2D eigenvalue weighted by Gasteiger charge is -2.05. The Labute approximate surface area is 283 Å². The Morgan fingerprint density at radius 3 is 2.25 bits per heavy atom. The lowest BCUT2D eigenvalue weighted by atomic mass is 10.2. The molecule has 6 aromatic rings. The smallest absolute Gasteiger partial charge is 0.313 e. The van der Waals surface area contributed by atoms with Gasteiger partial charge in [0.25, 0.3) is 5.28 Å². The van der Waals surface area contributed by atoms with Crippen LogP contribution >= 0.6 is 34.7 Å². The molecule has 20 nitrogen and oxygen atoms in total. The highest BCUT2D eigenvalue weighted by Crippen LogP contribution is 2.31. The summed E-state index contributed by atoms with van der Waals surface area (Å²) < 4.78 is 41.2. The fourth-order valence-electron chi connectivity index (χ4n) is 3.23. The maximum Gasteiger partial charge on any atom is 0.348 e. The number of nitriles is 1. The predicted molar refractivity (Wildman–Crippen MR) is 176 cm³/mol. The molecule has 0 aliphatic rings. The first-order valence-corrected chi connectivity index (χ1v) is 16.6. The third-order valence-corrected chi connectivity index (χ3v) is 7.97. The van der Waals surface area contributed by atoms with E-state index in [1.807, 2.05) is 12.1 Å². The molecule has 1 aromatic carbocycles. The van der Waals surface area contributed by atoms with Crippen LogP contribution in [0.1, 0.15) is 11.1 Å². The van der Waals surface area contributed by atoms with Crippen LogP contribution in [-0.2, 0) is 22.8 Å². The van der Waals surface area contributed by atoms with Gasteiger partial charge in [-0.3, -0.25) is 9.40 Å². The van der Waals surface area contributed by atoms with Gasteiger partial charge < -0.3 is 13.6 Å². The van der Waals surface area contributed by atoms with Gasteiger partial charge in [0, 0.05) is 18.5 Å². The number of aromatic nitrogens is 10. The van der Waals surface area contributed by atoms with Crippen LogP contribution in [0.2, 0.25) is 5.28 Å². The van der Waals surface area contributed by atoms with Crippen LogP contribution in [-0.4, -0.2) is 85.2 Å². The first kappa shape index (κ1) is 35.2. The molecule has 0 bridgehead atoms. The number of thioether (sulfide) groups is 1. The van der Waals surface area contributed by atoms with E-state index in [0.717, 1.165) is 16.2 Å². The van der Waals surface area contributed by atoms with Crippen molar-refractivity contribution in [1.82, 2.24) is 50.4 Å². The molecule has 48 heavy (non-hydrogen) atoms. The summed E-state index contributed by atoms with van der Waals surface area (Å²) in [6, 6.07) is 9.39. The number of benzene rings is 1. The molecule has 0 saturated carbocycles. The molecule has 0 spiro atoms. The van der Waals surface area contributed by atoms with Gasteiger partial charge in [-0.05, 0) is 54.6 Å². The molecule has 6 rings (SSSR count). The minimum absolute atomic E-state index is 0.0485. The molecule has 0 atom stereocenters. The van der Waals surface area contributed by atoms with Crippen LogP contribution in [0.5, 0.6) is 0 Å². The minimum Gasteiger partial charge on any atom is -0.313 e. The summed E-state index contributed by atoms with van der Waals surface area (Å²) in [7, 11) is -1.61. The fraction of sp³-hybridized carbons (Fsp3) is 0.125. The van der Waals surface area contributed by atoms with E-state index in [4.69, 9.17) is 25.9 Å². The summed E-state index contributed by atoms with van der Waals surface area (Å²) in [5.74, 6) is 1.19. The Balaban J connectivity index is 0.000000190. The van der Waals surface area contributed by atoms with E-state index in [1.54, 1.807) is 25.2 Å². The van der Waals surface area contributed by atoms with Crippen LogP contribution in [0.15, 0.2) is 63.3 Å². The average molecular weight is 730 g/mol. The van der Waals surface area contributed by atoms with Gasteiger partial charge in [-0.1, -0.05) is 45.5 Å². The number of hydrogen-bond donors (Lipinski definition) is 1. The zero-order valence-corrected chi connectivity index (χ0v) is 27.8. The molecular weight excluding hydrogens is 710 g/mol. The number of anilines is 1. The predicted octanol–water partition coefficient (Wildman–Crippen LogP) is 4.31. The monoisotopic (exact) mass is 729 g/mol. The maximum atomic E-state index is 11.3. The fourth-order valence-corrected chi connectivity index (χ4v) is 5.61. The first-order chi connectivity index (χ1) is 23.0. The van der Waals surface area contributed by atoms with E-state index < -0.39 is 10.0 Å². The number of aliphatic imine (C=N–C) groups is 3. The van der Waals surface area contributed by atoms with Crippen LogP contribution in [0.3, 0.4) is 0 Å². The van der Waals surface area contributed by atoms with Crippen LogP contribution in [0, 0.1) is 11.3 Å². The van der Waals surface area contributed by atoms with Gasteiger partial charge in [-0.25, -0.2) is 23.4 Å². The van der Waals surface area contributed by atoms with Crippen LogP contribution in [0.4, 0.5) is 23.7 Å². The van der Waals surface area contributed by atoms with E-state index in [2.05, 4.69) is 90.1 Å². The summed E-state index contributed by atoms with van der Waals surface area (Å²) in [6.07, 6.45) is 2.55. The van der Waals surface area contributed by atoms with E-state index in [1.165, 1.54) is 34.0 Å². The highest BCUT2D eigenvalue weighted by molar-refractivity contribution is 8.00. The Hall–Kier alpha value is -5.70. The molecule has 24 heteroatoms. The van der Waals surface area contributed by atoms with Crippen molar-refractivity contribution in [3.8, 4) is 28.4 Å². The largest absolute Gasteiger partial charge is 0.348 e.